The van der Waals surface area contributed by atoms with Gasteiger partial charge >= 0.3 is 0 Å². The van der Waals surface area contributed by atoms with Crippen molar-refractivity contribution in [2.75, 3.05) is 0 Å². The first kappa shape index (κ1) is 17.4. The molecule has 4 aromatic rings. The van der Waals surface area contributed by atoms with E-state index in [0.717, 1.165) is 40.6 Å². The Balaban J connectivity index is 1.63. The third-order valence-electron chi connectivity index (χ3n) is 4.32. The minimum Gasteiger partial charge on any atom is -0.324 e. The summed E-state index contributed by atoms with van der Waals surface area (Å²) in [6, 6.07) is 14.7. The number of benzene rings is 2. The van der Waals surface area contributed by atoms with E-state index in [-0.39, 0.29) is 5.69 Å². The second kappa shape index (κ2) is 7.32. The van der Waals surface area contributed by atoms with Crippen molar-refractivity contribution in [1.29, 1.82) is 0 Å². The van der Waals surface area contributed by atoms with Crippen LogP contribution in [-0.2, 0) is 12.3 Å². The van der Waals surface area contributed by atoms with Crippen LogP contribution in [-0.4, -0.2) is 24.7 Å². The van der Waals surface area contributed by atoms with Crippen molar-refractivity contribution < 1.29 is 4.92 Å². The molecule has 0 amide bonds. The number of hydrogen-bond acceptors (Lipinski definition) is 6. The highest BCUT2D eigenvalue weighted by Crippen LogP contribution is 2.28. The molecule has 27 heavy (non-hydrogen) atoms. The number of thioether (sulfide) groups is 1. The van der Waals surface area contributed by atoms with Crippen LogP contribution in [0.5, 0.6) is 0 Å². The van der Waals surface area contributed by atoms with Crippen molar-refractivity contribution in [3.63, 3.8) is 0 Å². The monoisotopic (exact) mass is 379 g/mol. The molecule has 0 aliphatic rings. The van der Waals surface area contributed by atoms with E-state index in [4.69, 9.17) is 4.98 Å². The quantitative estimate of drug-likeness (QED) is 0.277. The van der Waals surface area contributed by atoms with Gasteiger partial charge in [-0.3, -0.25) is 10.1 Å². The van der Waals surface area contributed by atoms with E-state index in [9.17, 15) is 10.1 Å². The third kappa shape index (κ3) is 3.35. The molecule has 8 heteroatoms. The number of aromatic nitrogens is 4. The zero-order valence-electron chi connectivity index (χ0n) is 14.7. The summed E-state index contributed by atoms with van der Waals surface area (Å²) in [7, 11) is 0. The van der Waals surface area contributed by atoms with Crippen molar-refractivity contribution in [2.45, 2.75) is 30.8 Å². The molecule has 2 heterocycles. The van der Waals surface area contributed by atoms with Gasteiger partial charge in [0.05, 0.1) is 10.4 Å². The molecule has 136 valence electrons. The van der Waals surface area contributed by atoms with E-state index in [2.05, 4.69) is 27.8 Å². The molecular formula is C19H17N5O2S. The summed E-state index contributed by atoms with van der Waals surface area (Å²) in [5.74, 6) is 0.624. The first-order valence-corrected chi connectivity index (χ1v) is 9.63. The van der Waals surface area contributed by atoms with Crippen LogP contribution in [0.3, 0.4) is 0 Å². The molecule has 0 atom stereocenters. The number of hydrogen-bond donors (Lipinski definition) is 0. The average Bonchev–Trinajstić information content (AvgIpc) is 3.00. The highest BCUT2D eigenvalue weighted by Gasteiger charge is 2.14. The third-order valence-corrected chi connectivity index (χ3v) is 5.23. The molecule has 2 aromatic heterocycles. The molecule has 0 aliphatic carbocycles. The SMILES string of the molecule is CCCn1c2ccccc2c2nnc(SCc3ccc([N+](=O)[O-])cc3)nc21. The summed E-state index contributed by atoms with van der Waals surface area (Å²) in [5.41, 5.74) is 3.85. The number of fused-ring (bicyclic) bond motifs is 3. The Hall–Kier alpha value is -3.00. The maximum Gasteiger partial charge on any atom is 0.269 e. The standard InChI is InChI=1S/C19H17N5O2S/c1-2-11-23-16-6-4-3-5-15(16)17-18(23)20-19(22-21-17)27-12-13-7-9-14(10-8-13)24(25)26/h3-10H,2,11-12H2,1H3. The van der Waals surface area contributed by atoms with Crippen LogP contribution in [0.1, 0.15) is 18.9 Å². The number of nitro groups is 1. The molecule has 0 unspecified atom stereocenters. The van der Waals surface area contributed by atoms with Crippen molar-refractivity contribution in [1.82, 2.24) is 19.7 Å². The first-order chi connectivity index (χ1) is 13.2. The molecule has 0 bridgehead atoms. The summed E-state index contributed by atoms with van der Waals surface area (Å²) in [4.78, 5) is 15.1. The fraction of sp³-hybridized carbons (Fsp3) is 0.211. The number of rotatable bonds is 6. The van der Waals surface area contributed by atoms with Gasteiger partial charge in [0, 0.05) is 29.8 Å². The van der Waals surface area contributed by atoms with Crippen molar-refractivity contribution in [2.24, 2.45) is 0 Å². The maximum atomic E-state index is 10.7. The molecule has 2 aromatic carbocycles. The van der Waals surface area contributed by atoms with Gasteiger partial charge in [0.2, 0.25) is 5.16 Å². The smallest absolute Gasteiger partial charge is 0.269 e. The van der Waals surface area contributed by atoms with Crippen molar-refractivity contribution >= 4 is 39.5 Å². The van der Waals surface area contributed by atoms with Crippen LogP contribution in [0, 0.1) is 10.1 Å². The molecule has 4 rings (SSSR count). The largest absolute Gasteiger partial charge is 0.324 e. The number of non-ortho nitro benzene ring substituents is 1. The lowest BCUT2D eigenvalue weighted by Crippen LogP contribution is -2.00. The van der Waals surface area contributed by atoms with Crippen LogP contribution in [0.4, 0.5) is 5.69 Å². The summed E-state index contributed by atoms with van der Waals surface area (Å²) < 4.78 is 2.19. The zero-order chi connectivity index (χ0) is 18.8. The number of aryl methyl sites for hydroxylation is 1. The van der Waals surface area contributed by atoms with Gasteiger partial charge in [0.1, 0.15) is 5.52 Å². The lowest BCUT2D eigenvalue weighted by molar-refractivity contribution is -0.384. The van der Waals surface area contributed by atoms with Gasteiger partial charge in [-0.15, -0.1) is 10.2 Å². The number of nitro benzene ring substituents is 1. The molecule has 0 fully saturated rings. The number of para-hydroxylation sites is 1. The van der Waals surface area contributed by atoms with Crippen LogP contribution in [0.2, 0.25) is 0 Å². The van der Waals surface area contributed by atoms with E-state index in [1.54, 1.807) is 12.1 Å². The second-order valence-electron chi connectivity index (χ2n) is 6.15. The number of nitrogens with zero attached hydrogens (tertiary/aromatic N) is 5. The minimum atomic E-state index is -0.398. The molecule has 0 aliphatic heterocycles. The summed E-state index contributed by atoms with van der Waals surface area (Å²) in [6.07, 6.45) is 1.00. The van der Waals surface area contributed by atoms with E-state index in [1.165, 1.54) is 23.9 Å². The van der Waals surface area contributed by atoms with Crippen molar-refractivity contribution in [3.05, 3.63) is 64.2 Å². The average molecular weight is 379 g/mol. The van der Waals surface area contributed by atoms with Crippen molar-refractivity contribution in [3.8, 4) is 0 Å². The highest BCUT2D eigenvalue weighted by molar-refractivity contribution is 7.98. The van der Waals surface area contributed by atoms with E-state index < -0.39 is 4.92 Å². The van der Waals surface area contributed by atoms with E-state index >= 15 is 0 Å². The lowest BCUT2D eigenvalue weighted by atomic mass is 10.2. The van der Waals surface area contributed by atoms with Gasteiger partial charge in [0.15, 0.2) is 5.65 Å². The van der Waals surface area contributed by atoms with Gasteiger partial charge < -0.3 is 4.57 Å². The minimum absolute atomic E-state index is 0.0900. The Morgan fingerprint density at radius 1 is 1.11 bits per heavy atom. The second-order valence-corrected chi connectivity index (χ2v) is 7.09. The fourth-order valence-corrected chi connectivity index (χ4v) is 3.80. The lowest BCUT2D eigenvalue weighted by Gasteiger charge is -2.05. The molecular weight excluding hydrogens is 362 g/mol. The predicted molar refractivity (Wildman–Crippen MR) is 106 cm³/mol. The summed E-state index contributed by atoms with van der Waals surface area (Å²) in [6.45, 7) is 3.01. The zero-order valence-corrected chi connectivity index (χ0v) is 15.5. The van der Waals surface area contributed by atoms with Crippen LogP contribution in [0.15, 0.2) is 53.7 Å². The fourth-order valence-electron chi connectivity index (χ4n) is 3.06. The Bertz CT molecular complexity index is 1120. The van der Waals surface area contributed by atoms with Gasteiger partial charge in [-0.25, -0.2) is 4.98 Å². The first-order valence-electron chi connectivity index (χ1n) is 8.65. The molecule has 0 saturated carbocycles. The Morgan fingerprint density at radius 2 is 1.89 bits per heavy atom. The van der Waals surface area contributed by atoms with Gasteiger partial charge in [-0.2, -0.15) is 0 Å². The summed E-state index contributed by atoms with van der Waals surface area (Å²) in [5, 5.41) is 21.1. The maximum absolute atomic E-state index is 10.7. The molecule has 0 N–H and O–H groups in total. The Kier molecular flexibility index (Phi) is 4.72. The highest BCUT2D eigenvalue weighted by atomic mass is 32.2. The van der Waals surface area contributed by atoms with Gasteiger partial charge in [0.25, 0.3) is 5.69 Å². The van der Waals surface area contributed by atoms with Crippen LogP contribution in [0.25, 0.3) is 22.1 Å². The molecule has 0 spiro atoms. The van der Waals surface area contributed by atoms with E-state index in [1.807, 2.05) is 18.2 Å². The van der Waals surface area contributed by atoms with Crippen LogP contribution < -0.4 is 0 Å². The van der Waals surface area contributed by atoms with Crippen LogP contribution >= 0.6 is 11.8 Å². The Morgan fingerprint density at radius 3 is 2.63 bits per heavy atom. The molecule has 7 nitrogen and oxygen atoms in total. The Labute approximate surface area is 159 Å². The van der Waals surface area contributed by atoms with Gasteiger partial charge in [-0.05, 0) is 18.1 Å². The predicted octanol–water partition coefficient (Wildman–Crippen LogP) is 4.59. The van der Waals surface area contributed by atoms with E-state index in [0.29, 0.717) is 10.9 Å². The molecule has 0 radical (unpaired) electrons. The van der Waals surface area contributed by atoms with Gasteiger partial charge in [-0.1, -0.05) is 49.0 Å². The summed E-state index contributed by atoms with van der Waals surface area (Å²) >= 11 is 1.47. The normalized spacial score (nSPS) is 11.3. The topological polar surface area (TPSA) is 86.7 Å². The molecule has 0 saturated heterocycles.